The molecule has 1 aromatic rings. The summed E-state index contributed by atoms with van der Waals surface area (Å²) < 4.78 is 5.37. The van der Waals surface area contributed by atoms with Crippen molar-refractivity contribution in [2.24, 2.45) is 11.8 Å². The Balaban J connectivity index is 1.65. The van der Waals surface area contributed by atoms with E-state index in [4.69, 9.17) is 4.74 Å². The number of carbonyl (C=O) groups is 1. The minimum absolute atomic E-state index is 0.0768. The Morgan fingerprint density at radius 1 is 1.36 bits per heavy atom. The fourth-order valence-corrected chi connectivity index (χ4v) is 3.70. The van der Waals surface area contributed by atoms with E-state index in [9.17, 15) is 4.79 Å². The standard InChI is InChI=1S/C18H31N5O2/c1-12(2)4-7-23-10-15(17-19-13(3)21-22-17)16(11-23)20-18(24)14-5-8-25-9-6-14/h12,14-16H,4-11H2,1-3H3,(H,20,24)(H,19,21,22)/t15-,16-/m1/s1. The van der Waals surface area contributed by atoms with Crippen LogP contribution in [0.2, 0.25) is 0 Å². The monoisotopic (exact) mass is 349 g/mol. The van der Waals surface area contributed by atoms with Crippen molar-refractivity contribution in [3.05, 3.63) is 11.6 Å². The lowest BCUT2D eigenvalue weighted by atomic mass is 9.97. The third kappa shape index (κ3) is 4.79. The first kappa shape index (κ1) is 18.3. The molecule has 0 saturated carbocycles. The first-order chi connectivity index (χ1) is 12.0. The Kier molecular flexibility index (Phi) is 6.06. The number of ether oxygens (including phenoxy) is 1. The van der Waals surface area contributed by atoms with Crippen molar-refractivity contribution in [3.63, 3.8) is 0 Å². The summed E-state index contributed by atoms with van der Waals surface area (Å²) in [6, 6.07) is 0.0812. The predicted octanol–water partition coefficient (Wildman–Crippen LogP) is 1.47. The molecule has 0 radical (unpaired) electrons. The van der Waals surface area contributed by atoms with Gasteiger partial charge in [-0.15, -0.1) is 0 Å². The van der Waals surface area contributed by atoms with E-state index in [1.54, 1.807) is 0 Å². The van der Waals surface area contributed by atoms with Crippen LogP contribution in [0.4, 0.5) is 0 Å². The first-order valence-electron chi connectivity index (χ1n) is 9.52. The van der Waals surface area contributed by atoms with E-state index in [1.165, 1.54) is 6.42 Å². The number of aryl methyl sites for hydroxylation is 1. The molecule has 0 spiro atoms. The van der Waals surface area contributed by atoms with Crippen LogP contribution in [0.5, 0.6) is 0 Å². The smallest absolute Gasteiger partial charge is 0.223 e. The van der Waals surface area contributed by atoms with Gasteiger partial charge in [0.15, 0.2) is 5.82 Å². The Morgan fingerprint density at radius 2 is 2.12 bits per heavy atom. The van der Waals surface area contributed by atoms with Gasteiger partial charge in [-0.3, -0.25) is 9.89 Å². The molecule has 2 fully saturated rings. The summed E-state index contributed by atoms with van der Waals surface area (Å²) in [7, 11) is 0. The topological polar surface area (TPSA) is 83.1 Å². The van der Waals surface area contributed by atoms with Gasteiger partial charge in [0.2, 0.25) is 5.91 Å². The van der Waals surface area contributed by atoms with Crippen LogP contribution < -0.4 is 5.32 Å². The number of carbonyl (C=O) groups excluding carboxylic acids is 1. The van der Waals surface area contributed by atoms with Gasteiger partial charge in [-0.25, -0.2) is 4.98 Å². The molecular formula is C18H31N5O2. The maximum atomic E-state index is 12.7. The lowest BCUT2D eigenvalue weighted by Gasteiger charge is -2.25. The number of H-pyrrole nitrogens is 1. The third-order valence-corrected chi connectivity index (χ3v) is 5.28. The highest BCUT2D eigenvalue weighted by Crippen LogP contribution is 2.27. The van der Waals surface area contributed by atoms with Crippen molar-refractivity contribution < 1.29 is 9.53 Å². The fourth-order valence-electron chi connectivity index (χ4n) is 3.70. The molecule has 0 aliphatic carbocycles. The molecular weight excluding hydrogens is 318 g/mol. The first-order valence-corrected chi connectivity index (χ1v) is 9.52. The van der Waals surface area contributed by atoms with Gasteiger partial charge in [0, 0.05) is 32.2 Å². The third-order valence-electron chi connectivity index (χ3n) is 5.28. The van der Waals surface area contributed by atoms with Gasteiger partial charge >= 0.3 is 0 Å². The molecule has 7 heteroatoms. The van der Waals surface area contributed by atoms with Gasteiger partial charge in [0.05, 0.1) is 12.0 Å². The molecule has 7 nitrogen and oxygen atoms in total. The molecule has 25 heavy (non-hydrogen) atoms. The van der Waals surface area contributed by atoms with E-state index < -0.39 is 0 Å². The van der Waals surface area contributed by atoms with Gasteiger partial charge in [0.1, 0.15) is 5.82 Å². The number of aromatic amines is 1. The van der Waals surface area contributed by atoms with E-state index in [-0.39, 0.29) is 23.8 Å². The van der Waals surface area contributed by atoms with E-state index in [2.05, 4.69) is 39.2 Å². The second kappa shape index (κ2) is 8.27. The highest BCUT2D eigenvalue weighted by atomic mass is 16.5. The average Bonchev–Trinajstić information content (AvgIpc) is 3.20. The molecule has 0 aromatic carbocycles. The SMILES string of the molecule is Cc1nc([C@@H]2CN(CCC(C)C)C[C@H]2NC(=O)C2CCOCC2)n[nH]1. The number of aromatic nitrogens is 3. The number of rotatable bonds is 6. The molecule has 3 heterocycles. The van der Waals surface area contributed by atoms with E-state index in [1.807, 2.05) is 6.92 Å². The molecule has 2 aliphatic heterocycles. The zero-order chi connectivity index (χ0) is 17.8. The van der Waals surface area contributed by atoms with Gasteiger partial charge in [0.25, 0.3) is 0 Å². The van der Waals surface area contributed by atoms with Crippen molar-refractivity contribution in [2.45, 2.75) is 52.0 Å². The maximum absolute atomic E-state index is 12.7. The number of hydrogen-bond donors (Lipinski definition) is 2. The Morgan fingerprint density at radius 3 is 2.76 bits per heavy atom. The number of hydrogen-bond acceptors (Lipinski definition) is 5. The van der Waals surface area contributed by atoms with Gasteiger partial charge < -0.3 is 15.0 Å². The van der Waals surface area contributed by atoms with Crippen LogP contribution >= 0.6 is 0 Å². The van der Waals surface area contributed by atoms with Crippen LogP contribution in [0.3, 0.4) is 0 Å². The van der Waals surface area contributed by atoms with Crippen LogP contribution in [0.1, 0.15) is 50.7 Å². The van der Waals surface area contributed by atoms with E-state index in [0.29, 0.717) is 19.1 Å². The molecule has 2 aliphatic rings. The van der Waals surface area contributed by atoms with Crippen LogP contribution in [0, 0.1) is 18.8 Å². The summed E-state index contributed by atoms with van der Waals surface area (Å²) in [4.78, 5) is 19.6. The second-order valence-electron chi connectivity index (χ2n) is 7.83. The number of nitrogens with one attached hydrogen (secondary N) is 2. The van der Waals surface area contributed by atoms with Crippen LogP contribution in [0.15, 0.2) is 0 Å². The summed E-state index contributed by atoms with van der Waals surface area (Å²) in [5.74, 6) is 2.72. The molecule has 0 bridgehead atoms. The molecule has 1 amide bonds. The van der Waals surface area contributed by atoms with Crippen molar-refractivity contribution in [3.8, 4) is 0 Å². The highest BCUT2D eigenvalue weighted by Gasteiger charge is 2.38. The minimum atomic E-state index is 0.0768. The predicted molar refractivity (Wildman–Crippen MR) is 95.2 cm³/mol. The molecule has 2 N–H and O–H groups in total. The molecule has 0 unspecified atom stereocenters. The normalized spacial score (nSPS) is 25.6. The van der Waals surface area contributed by atoms with Crippen LogP contribution in [-0.4, -0.2) is 64.9 Å². The number of likely N-dealkylation sites (tertiary alicyclic amines) is 1. The number of nitrogens with zero attached hydrogens (tertiary/aromatic N) is 3. The van der Waals surface area contributed by atoms with Crippen LogP contribution in [-0.2, 0) is 9.53 Å². The molecule has 3 rings (SSSR count). The lowest BCUT2D eigenvalue weighted by molar-refractivity contribution is -0.128. The second-order valence-corrected chi connectivity index (χ2v) is 7.83. The quantitative estimate of drug-likeness (QED) is 0.813. The summed E-state index contributed by atoms with van der Waals surface area (Å²) in [6.07, 6.45) is 2.81. The molecule has 2 saturated heterocycles. The largest absolute Gasteiger partial charge is 0.381 e. The van der Waals surface area contributed by atoms with Gasteiger partial charge in [-0.1, -0.05) is 13.8 Å². The summed E-state index contributed by atoms with van der Waals surface area (Å²) >= 11 is 0. The van der Waals surface area contributed by atoms with Gasteiger partial charge in [-0.2, -0.15) is 5.10 Å². The highest BCUT2D eigenvalue weighted by molar-refractivity contribution is 5.79. The zero-order valence-electron chi connectivity index (χ0n) is 15.6. The Bertz CT molecular complexity index is 568. The molecule has 140 valence electrons. The Labute approximate surface area is 149 Å². The summed E-state index contributed by atoms with van der Waals surface area (Å²) in [5, 5.41) is 10.6. The van der Waals surface area contributed by atoms with E-state index in [0.717, 1.165) is 44.1 Å². The zero-order valence-corrected chi connectivity index (χ0v) is 15.6. The van der Waals surface area contributed by atoms with Gasteiger partial charge in [-0.05, 0) is 38.6 Å². The fraction of sp³-hybridized carbons (Fsp3) is 0.833. The summed E-state index contributed by atoms with van der Waals surface area (Å²) in [6.45, 7) is 10.6. The summed E-state index contributed by atoms with van der Waals surface area (Å²) in [5.41, 5.74) is 0. The Hall–Kier alpha value is -1.47. The van der Waals surface area contributed by atoms with Crippen molar-refractivity contribution in [1.29, 1.82) is 0 Å². The van der Waals surface area contributed by atoms with Crippen molar-refractivity contribution in [2.75, 3.05) is 32.8 Å². The average molecular weight is 349 g/mol. The van der Waals surface area contributed by atoms with Crippen molar-refractivity contribution in [1.82, 2.24) is 25.4 Å². The molecule has 1 aromatic heterocycles. The maximum Gasteiger partial charge on any atom is 0.223 e. The van der Waals surface area contributed by atoms with Crippen molar-refractivity contribution >= 4 is 5.91 Å². The van der Waals surface area contributed by atoms with E-state index >= 15 is 0 Å². The number of amides is 1. The molecule has 2 atom stereocenters. The minimum Gasteiger partial charge on any atom is -0.381 e. The lowest BCUT2D eigenvalue weighted by Crippen LogP contribution is -2.44. The van der Waals surface area contributed by atoms with Crippen LogP contribution in [0.25, 0.3) is 0 Å².